The Kier molecular flexibility index (Phi) is 7.61. The monoisotopic (exact) mass is 526 g/mol. The fourth-order valence-corrected chi connectivity index (χ4v) is 4.97. The zero-order valence-electron chi connectivity index (χ0n) is 20.2. The van der Waals surface area contributed by atoms with E-state index in [2.05, 4.69) is 15.6 Å². The minimum Gasteiger partial charge on any atom is -0.399 e. The first-order valence-corrected chi connectivity index (χ1v) is 12.7. The maximum Gasteiger partial charge on any atom is 0.414 e. The number of likely N-dealkylation sites (tertiary alicyclic amines) is 1. The summed E-state index contributed by atoms with van der Waals surface area (Å²) < 4.78 is 5.67. The van der Waals surface area contributed by atoms with Crippen molar-refractivity contribution in [3.05, 3.63) is 75.9 Å². The van der Waals surface area contributed by atoms with Crippen LogP contribution in [0, 0.1) is 6.92 Å². The number of hydrogen-bond acceptors (Lipinski definition) is 6. The molecule has 0 bridgehead atoms. The number of aromatic nitrogens is 1. The molecule has 2 aromatic heterocycles. The number of aryl methyl sites for hydroxylation is 1. The van der Waals surface area contributed by atoms with Gasteiger partial charge in [0.2, 0.25) is 5.91 Å². The lowest BCUT2D eigenvalue weighted by Crippen LogP contribution is -2.53. The van der Waals surface area contributed by atoms with Crippen LogP contribution in [0.25, 0.3) is 0 Å². The SMILES string of the molecule is Cc1cc(NC(=O)C(C)(C)NC(=O)Oc2ccc(Cl)s2)ccc1C(=O)N1CCCC1c1ccccn1. The van der Waals surface area contributed by atoms with E-state index in [9.17, 15) is 14.4 Å². The number of nitrogens with zero attached hydrogens (tertiary/aromatic N) is 2. The van der Waals surface area contributed by atoms with E-state index < -0.39 is 17.5 Å². The number of carbonyl (C=O) groups is 3. The number of amides is 3. The molecule has 0 radical (unpaired) electrons. The summed E-state index contributed by atoms with van der Waals surface area (Å²) in [6.07, 6.45) is 2.77. The molecule has 3 amide bonds. The molecule has 0 saturated carbocycles. The topological polar surface area (TPSA) is 101 Å². The molecular formula is C26H27ClN4O4S. The van der Waals surface area contributed by atoms with Crippen molar-refractivity contribution in [3.63, 3.8) is 0 Å². The van der Waals surface area contributed by atoms with Gasteiger partial charge in [0, 0.05) is 24.0 Å². The molecule has 0 aliphatic carbocycles. The lowest BCUT2D eigenvalue weighted by atomic mass is 10.0. The number of anilines is 1. The predicted molar refractivity (Wildman–Crippen MR) is 140 cm³/mol. The summed E-state index contributed by atoms with van der Waals surface area (Å²) in [5.41, 5.74) is 1.47. The number of rotatable bonds is 6. The third kappa shape index (κ3) is 5.85. The van der Waals surface area contributed by atoms with E-state index in [-0.39, 0.29) is 11.9 Å². The van der Waals surface area contributed by atoms with Crippen LogP contribution < -0.4 is 15.4 Å². The first kappa shape index (κ1) is 25.7. The first-order valence-electron chi connectivity index (χ1n) is 11.5. The highest BCUT2D eigenvalue weighted by Gasteiger charge is 2.33. The van der Waals surface area contributed by atoms with Crippen LogP contribution in [0.1, 0.15) is 54.3 Å². The average Bonchev–Trinajstić information content (AvgIpc) is 3.48. The van der Waals surface area contributed by atoms with Gasteiger partial charge in [-0.15, -0.1) is 0 Å². The van der Waals surface area contributed by atoms with E-state index in [1.165, 1.54) is 0 Å². The Morgan fingerprint density at radius 2 is 1.97 bits per heavy atom. The van der Waals surface area contributed by atoms with Crippen LogP contribution in [0.3, 0.4) is 0 Å². The van der Waals surface area contributed by atoms with Crippen LogP contribution >= 0.6 is 22.9 Å². The molecule has 4 rings (SSSR count). The van der Waals surface area contributed by atoms with Gasteiger partial charge in [0.25, 0.3) is 5.91 Å². The van der Waals surface area contributed by atoms with Gasteiger partial charge in [-0.25, -0.2) is 4.79 Å². The minimum absolute atomic E-state index is 0.0469. The fourth-order valence-electron chi connectivity index (χ4n) is 4.10. The highest BCUT2D eigenvalue weighted by atomic mass is 35.5. The molecule has 2 N–H and O–H groups in total. The summed E-state index contributed by atoms with van der Waals surface area (Å²) in [5, 5.41) is 5.69. The molecule has 188 valence electrons. The van der Waals surface area contributed by atoms with E-state index >= 15 is 0 Å². The summed E-state index contributed by atoms with van der Waals surface area (Å²) in [6.45, 7) is 5.65. The van der Waals surface area contributed by atoms with Gasteiger partial charge in [-0.2, -0.15) is 0 Å². The van der Waals surface area contributed by atoms with Gasteiger partial charge in [-0.1, -0.05) is 29.0 Å². The second-order valence-electron chi connectivity index (χ2n) is 9.09. The maximum absolute atomic E-state index is 13.4. The van der Waals surface area contributed by atoms with Crippen molar-refractivity contribution in [2.45, 2.75) is 45.2 Å². The molecule has 3 aromatic rings. The third-order valence-corrected chi connectivity index (χ3v) is 7.09. The van der Waals surface area contributed by atoms with E-state index in [0.717, 1.165) is 35.4 Å². The van der Waals surface area contributed by atoms with Crippen LogP contribution in [0.2, 0.25) is 4.34 Å². The number of pyridine rings is 1. The van der Waals surface area contributed by atoms with Gasteiger partial charge in [-0.05, 0) is 81.6 Å². The molecule has 1 aliphatic rings. The number of benzene rings is 1. The average molecular weight is 527 g/mol. The molecule has 10 heteroatoms. The molecule has 36 heavy (non-hydrogen) atoms. The van der Waals surface area contributed by atoms with Crippen molar-refractivity contribution in [2.75, 3.05) is 11.9 Å². The van der Waals surface area contributed by atoms with Crippen molar-refractivity contribution < 1.29 is 19.1 Å². The molecular weight excluding hydrogens is 500 g/mol. The summed E-state index contributed by atoms with van der Waals surface area (Å²) in [7, 11) is 0. The van der Waals surface area contributed by atoms with Crippen LogP contribution in [0.4, 0.5) is 10.5 Å². The predicted octanol–water partition coefficient (Wildman–Crippen LogP) is 5.59. The van der Waals surface area contributed by atoms with Gasteiger partial charge in [0.15, 0.2) is 5.06 Å². The lowest BCUT2D eigenvalue weighted by Gasteiger charge is -2.26. The molecule has 8 nitrogen and oxygen atoms in total. The van der Waals surface area contributed by atoms with Crippen LogP contribution in [-0.2, 0) is 4.79 Å². The van der Waals surface area contributed by atoms with Gasteiger partial charge >= 0.3 is 6.09 Å². The van der Waals surface area contributed by atoms with Crippen molar-refractivity contribution in [1.82, 2.24) is 15.2 Å². The van der Waals surface area contributed by atoms with Crippen molar-refractivity contribution in [3.8, 4) is 5.06 Å². The second kappa shape index (κ2) is 10.7. The summed E-state index contributed by atoms with van der Waals surface area (Å²) >= 11 is 6.96. The van der Waals surface area contributed by atoms with E-state index in [1.807, 2.05) is 30.0 Å². The van der Waals surface area contributed by atoms with Gasteiger partial charge in [0.1, 0.15) is 5.54 Å². The molecule has 1 atom stereocenters. The van der Waals surface area contributed by atoms with Gasteiger partial charge in [-0.3, -0.25) is 14.6 Å². The van der Waals surface area contributed by atoms with Gasteiger partial charge in [0.05, 0.1) is 16.1 Å². The summed E-state index contributed by atoms with van der Waals surface area (Å²) in [5.74, 6) is -0.492. The zero-order chi connectivity index (χ0) is 25.9. The van der Waals surface area contributed by atoms with Gasteiger partial charge < -0.3 is 20.3 Å². The number of thiophene rings is 1. The Hall–Kier alpha value is -3.43. The molecule has 1 fully saturated rings. The highest BCUT2D eigenvalue weighted by Crippen LogP contribution is 2.33. The van der Waals surface area contributed by atoms with Crippen molar-refractivity contribution in [2.24, 2.45) is 0 Å². The number of nitrogens with one attached hydrogen (secondary N) is 2. The summed E-state index contributed by atoms with van der Waals surface area (Å²) in [6, 6.07) is 14.0. The molecule has 1 unspecified atom stereocenters. The Morgan fingerprint density at radius 3 is 2.64 bits per heavy atom. The number of ether oxygens (including phenoxy) is 1. The molecule has 1 aliphatic heterocycles. The van der Waals surface area contributed by atoms with Crippen LogP contribution in [0.15, 0.2) is 54.7 Å². The lowest BCUT2D eigenvalue weighted by molar-refractivity contribution is -0.121. The Morgan fingerprint density at radius 1 is 1.17 bits per heavy atom. The van der Waals surface area contributed by atoms with E-state index in [1.54, 1.807) is 50.4 Å². The number of carbonyl (C=O) groups excluding carboxylic acids is 3. The number of hydrogen-bond donors (Lipinski definition) is 2. The summed E-state index contributed by atoms with van der Waals surface area (Å²) in [4.78, 5) is 44.8. The second-order valence-corrected chi connectivity index (χ2v) is 10.8. The zero-order valence-corrected chi connectivity index (χ0v) is 21.8. The van der Waals surface area contributed by atoms with E-state index in [4.69, 9.17) is 16.3 Å². The molecule has 1 saturated heterocycles. The molecule has 0 spiro atoms. The highest BCUT2D eigenvalue weighted by molar-refractivity contribution is 7.17. The largest absolute Gasteiger partial charge is 0.414 e. The third-order valence-electron chi connectivity index (χ3n) is 5.98. The number of halogens is 1. The van der Waals surface area contributed by atoms with Crippen molar-refractivity contribution >= 4 is 46.5 Å². The molecule has 3 heterocycles. The minimum atomic E-state index is -1.26. The quantitative estimate of drug-likeness (QED) is 0.436. The smallest absolute Gasteiger partial charge is 0.399 e. The standard InChI is InChI=1S/C26H27ClN4O4S/c1-16-15-17(29-24(33)26(2,3)30-25(34)35-22-12-11-21(27)36-22)9-10-18(16)23(32)31-14-6-8-20(31)19-7-4-5-13-28-19/h4-5,7,9-13,15,20H,6,8,14H2,1-3H3,(H,29,33)(H,30,34). The van der Waals surface area contributed by atoms with Crippen LogP contribution in [-0.4, -0.2) is 39.9 Å². The normalized spacial score (nSPS) is 15.4. The maximum atomic E-state index is 13.4. The Balaban J connectivity index is 1.40. The Labute approximate surface area is 218 Å². The van der Waals surface area contributed by atoms with Crippen molar-refractivity contribution in [1.29, 1.82) is 0 Å². The van der Waals surface area contributed by atoms with E-state index in [0.29, 0.717) is 27.2 Å². The Bertz CT molecular complexity index is 1280. The molecule has 1 aromatic carbocycles. The first-order chi connectivity index (χ1) is 17.1. The fraction of sp³-hybridized carbons (Fsp3) is 0.308. The van der Waals surface area contributed by atoms with Crippen LogP contribution in [0.5, 0.6) is 5.06 Å².